The van der Waals surface area contributed by atoms with Gasteiger partial charge in [0.1, 0.15) is 11.6 Å². The van der Waals surface area contributed by atoms with Gasteiger partial charge in [0, 0.05) is 31.1 Å². The number of aliphatic hydroxyl groups is 1. The first kappa shape index (κ1) is 15.0. The standard InChI is InChI=1S/C14H24N4O2/c1-10(2)14-16-12(8-13(20)17-14)18(6-7-19)9-11-4-3-5-15-11/h8,10-11,15,19H,3-7,9H2,1-2H3,(H,16,17,20). The van der Waals surface area contributed by atoms with Crippen LogP contribution in [0.5, 0.6) is 0 Å². The van der Waals surface area contributed by atoms with Gasteiger partial charge in [0.05, 0.1) is 6.61 Å². The van der Waals surface area contributed by atoms with Crippen molar-refractivity contribution in [1.29, 1.82) is 0 Å². The van der Waals surface area contributed by atoms with Gasteiger partial charge in [0.25, 0.3) is 5.56 Å². The van der Waals surface area contributed by atoms with E-state index in [1.807, 2.05) is 18.7 Å². The van der Waals surface area contributed by atoms with Crippen LogP contribution in [0, 0.1) is 0 Å². The average molecular weight is 280 g/mol. The number of H-pyrrole nitrogens is 1. The van der Waals surface area contributed by atoms with Gasteiger partial charge in [0.2, 0.25) is 0 Å². The summed E-state index contributed by atoms with van der Waals surface area (Å²) in [4.78, 5) is 21.0. The van der Waals surface area contributed by atoms with E-state index in [4.69, 9.17) is 0 Å². The van der Waals surface area contributed by atoms with Crippen molar-refractivity contribution in [3.63, 3.8) is 0 Å². The molecule has 1 aliphatic rings. The lowest BCUT2D eigenvalue weighted by Gasteiger charge is -2.26. The second-order valence-electron chi connectivity index (χ2n) is 5.61. The van der Waals surface area contributed by atoms with Crippen molar-refractivity contribution in [3.8, 4) is 0 Å². The van der Waals surface area contributed by atoms with Gasteiger partial charge in [-0.15, -0.1) is 0 Å². The molecule has 1 aromatic rings. The third-order valence-corrected chi connectivity index (χ3v) is 3.59. The molecule has 0 saturated carbocycles. The first-order valence-electron chi connectivity index (χ1n) is 7.30. The topological polar surface area (TPSA) is 81.2 Å². The Labute approximate surface area is 119 Å². The SMILES string of the molecule is CC(C)c1nc(N(CCO)CC2CCCN2)cc(=O)[nH]1. The second-order valence-corrected chi connectivity index (χ2v) is 5.61. The van der Waals surface area contributed by atoms with Crippen LogP contribution in [-0.4, -0.2) is 47.4 Å². The molecule has 1 unspecified atom stereocenters. The van der Waals surface area contributed by atoms with E-state index >= 15 is 0 Å². The van der Waals surface area contributed by atoms with Crippen LogP contribution in [0.1, 0.15) is 38.4 Å². The van der Waals surface area contributed by atoms with E-state index in [2.05, 4.69) is 15.3 Å². The zero-order chi connectivity index (χ0) is 14.5. The predicted molar refractivity (Wildman–Crippen MR) is 79.3 cm³/mol. The van der Waals surface area contributed by atoms with E-state index in [1.54, 1.807) is 0 Å². The first-order valence-corrected chi connectivity index (χ1v) is 7.30. The maximum atomic E-state index is 11.8. The smallest absolute Gasteiger partial charge is 0.252 e. The largest absolute Gasteiger partial charge is 0.395 e. The van der Waals surface area contributed by atoms with Crippen LogP contribution < -0.4 is 15.8 Å². The van der Waals surface area contributed by atoms with Crippen molar-refractivity contribution in [2.45, 2.75) is 38.6 Å². The fourth-order valence-electron chi connectivity index (χ4n) is 2.50. The minimum atomic E-state index is -0.138. The van der Waals surface area contributed by atoms with Gasteiger partial charge in [-0.05, 0) is 19.4 Å². The third kappa shape index (κ3) is 3.80. The highest BCUT2D eigenvalue weighted by Crippen LogP contribution is 2.15. The summed E-state index contributed by atoms with van der Waals surface area (Å²) in [7, 11) is 0. The van der Waals surface area contributed by atoms with Crippen molar-refractivity contribution >= 4 is 5.82 Å². The maximum absolute atomic E-state index is 11.8. The van der Waals surface area contributed by atoms with Gasteiger partial charge in [0.15, 0.2) is 0 Å². The molecule has 0 aromatic carbocycles. The lowest BCUT2D eigenvalue weighted by Crippen LogP contribution is -2.40. The predicted octanol–water partition coefficient (Wildman–Crippen LogP) is 0.444. The summed E-state index contributed by atoms with van der Waals surface area (Å²) < 4.78 is 0. The number of rotatable bonds is 6. The summed E-state index contributed by atoms with van der Waals surface area (Å²) >= 11 is 0. The number of aromatic nitrogens is 2. The molecule has 1 fully saturated rings. The summed E-state index contributed by atoms with van der Waals surface area (Å²) in [5.41, 5.74) is -0.138. The van der Waals surface area contributed by atoms with E-state index < -0.39 is 0 Å². The summed E-state index contributed by atoms with van der Waals surface area (Å²) in [6, 6.07) is 1.92. The Bertz CT molecular complexity index is 480. The van der Waals surface area contributed by atoms with Crippen LogP contribution >= 0.6 is 0 Å². The van der Waals surface area contributed by atoms with E-state index in [0.29, 0.717) is 24.2 Å². The Morgan fingerprint density at radius 1 is 1.55 bits per heavy atom. The van der Waals surface area contributed by atoms with E-state index in [-0.39, 0.29) is 18.1 Å². The second kappa shape index (κ2) is 6.85. The highest BCUT2D eigenvalue weighted by atomic mass is 16.3. The van der Waals surface area contributed by atoms with Crippen molar-refractivity contribution in [3.05, 3.63) is 22.2 Å². The molecular formula is C14H24N4O2. The molecule has 1 atom stereocenters. The van der Waals surface area contributed by atoms with Crippen molar-refractivity contribution in [2.24, 2.45) is 0 Å². The van der Waals surface area contributed by atoms with Gasteiger partial charge >= 0.3 is 0 Å². The molecule has 6 heteroatoms. The molecule has 112 valence electrons. The number of hydrogen-bond donors (Lipinski definition) is 3. The van der Waals surface area contributed by atoms with Crippen molar-refractivity contribution < 1.29 is 5.11 Å². The Hall–Kier alpha value is -1.40. The van der Waals surface area contributed by atoms with Crippen LogP contribution in [0.15, 0.2) is 10.9 Å². The van der Waals surface area contributed by atoms with Gasteiger partial charge in [-0.2, -0.15) is 0 Å². The molecule has 20 heavy (non-hydrogen) atoms. The molecule has 2 heterocycles. The van der Waals surface area contributed by atoms with E-state index in [0.717, 1.165) is 19.5 Å². The molecule has 0 spiro atoms. The molecule has 0 bridgehead atoms. The molecule has 1 saturated heterocycles. The molecule has 3 N–H and O–H groups in total. The molecule has 0 amide bonds. The number of aliphatic hydroxyl groups excluding tert-OH is 1. The molecule has 6 nitrogen and oxygen atoms in total. The highest BCUT2D eigenvalue weighted by Gasteiger charge is 2.19. The number of anilines is 1. The van der Waals surface area contributed by atoms with Crippen LogP contribution in [0.4, 0.5) is 5.82 Å². The fourth-order valence-corrected chi connectivity index (χ4v) is 2.50. The van der Waals surface area contributed by atoms with Crippen LogP contribution in [-0.2, 0) is 0 Å². The minimum absolute atomic E-state index is 0.0538. The number of nitrogens with one attached hydrogen (secondary N) is 2. The van der Waals surface area contributed by atoms with Crippen molar-refractivity contribution in [2.75, 3.05) is 31.1 Å². The summed E-state index contributed by atoms with van der Waals surface area (Å²) in [6.45, 7) is 6.35. The molecule has 1 aromatic heterocycles. The Morgan fingerprint density at radius 2 is 2.35 bits per heavy atom. The minimum Gasteiger partial charge on any atom is -0.395 e. The lowest BCUT2D eigenvalue weighted by molar-refractivity contribution is 0.300. The Kier molecular flexibility index (Phi) is 5.14. The third-order valence-electron chi connectivity index (χ3n) is 3.59. The zero-order valence-electron chi connectivity index (χ0n) is 12.2. The number of hydrogen-bond acceptors (Lipinski definition) is 5. The van der Waals surface area contributed by atoms with Crippen LogP contribution in [0.3, 0.4) is 0 Å². The van der Waals surface area contributed by atoms with Crippen molar-refractivity contribution in [1.82, 2.24) is 15.3 Å². The van der Waals surface area contributed by atoms with Gasteiger partial charge in [-0.3, -0.25) is 4.79 Å². The molecular weight excluding hydrogens is 256 g/mol. The zero-order valence-corrected chi connectivity index (χ0v) is 12.2. The Morgan fingerprint density at radius 3 is 2.95 bits per heavy atom. The molecule has 0 radical (unpaired) electrons. The molecule has 0 aliphatic carbocycles. The average Bonchev–Trinajstić information content (AvgIpc) is 2.90. The normalized spacial score (nSPS) is 18.7. The molecule has 2 rings (SSSR count). The van der Waals surface area contributed by atoms with Gasteiger partial charge in [-0.25, -0.2) is 4.98 Å². The first-order chi connectivity index (χ1) is 9.60. The summed E-state index contributed by atoms with van der Waals surface area (Å²) in [6.07, 6.45) is 2.31. The molecule has 1 aliphatic heterocycles. The number of aromatic amines is 1. The van der Waals surface area contributed by atoms with E-state index in [9.17, 15) is 9.90 Å². The summed E-state index contributed by atoms with van der Waals surface area (Å²) in [5.74, 6) is 1.51. The van der Waals surface area contributed by atoms with Gasteiger partial charge < -0.3 is 20.3 Å². The highest BCUT2D eigenvalue weighted by molar-refractivity contribution is 5.38. The Balaban J connectivity index is 2.20. The number of nitrogens with zero attached hydrogens (tertiary/aromatic N) is 2. The van der Waals surface area contributed by atoms with Gasteiger partial charge in [-0.1, -0.05) is 13.8 Å². The van der Waals surface area contributed by atoms with E-state index in [1.165, 1.54) is 12.5 Å². The fraction of sp³-hybridized carbons (Fsp3) is 0.714. The quantitative estimate of drug-likeness (QED) is 0.704. The van der Waals surface area contributed by atoms with Crippen LogP contribution in [0.25, 0.3) is 0 Å². The lowest BCUT2D eigenvalue weighted by atomic mass is 10.2. The maximum Gasteiger partial charge on any atom is 0.252 e. The monoisotopic (exact) mass is 280 g/mol. The summed E-state index contributed by atoms with van der Waals surface area (Å²) in [5, 5.41) is 12.7. The van der Waals surface area contributed by atoms with Crippen LogP contribution in [0.2, 0.25) is 0 Å².